The van der Waals surface area contributed by atoms with Crippen LogP contribution in [-0.4, -0.2) is 62.2 Å². The fourth-order valence-corrected chi connectivity index (χ4v) is 1.93. The molecule has 0 fully saturated rings. The minimum atomic E-state index is -0.967. The van der Waals surface area contributed by atoms with Gasteiger partial charge in [-0.2, -0.15) is 0 Å². The van der Waals surface area contributed by atoms with Crippen LogP contribution in [0, 0.1) is 0 Å². The van der Waals surface area contributed by atoms with Crippen LogP contribution in [0.1, 0.15) is 11.1 Å². The first-order chi connectivity index (χ1) is 9.92. The number of carboxylic acids is 1. The van der Waals surface area contributed by atoms with E-state index in [2.05, 4.69) is 30.9 Å². The number of aliphatic carboxylic acids is 1. The summed E-state index contributed by atoms with van der Waals surface area (Å²) in [6.07, 6.45) is 2.68. The van der Waals surface area contributed by atoms with Gasteiger partial charge in [-0.3, -0.25) is 0 Å². The van der Waals surface area contributed by atoms with E-state index in [0.29, 0.717) is 5.75 Å². The van der Waals surface area contributed by atoms with E-state index in [4.69, 9.17) is 9.84 Å². The standard InChI is InChI=1S/C16H24N2O3/c1-17(2)9-10-18(3)12-13-5-7-15(21-4)14(11-13)6-8-16(19)20/h5-8,11H,9-10,12H2,1-4H3,(H,19,20). The first kappa shape index (κ1) is 17.2. The molecule has 0 amide bonds. The van der Waals surface area contributed by atoms with Crippen LogP contribution in [-0.2, 0) is 11.3 Å². The summed E-state index contributed by atoms with van der Waals surface area (Å²) < 4.78 is 5.25. The molecule has 1 aromatic carbocycles. The summed E-state index contributed by atoms with van der Waals surface area (Å²) in [6, 6.07) is 5.84. The van der Waals surface area contributed by atoms with Crippen molar-refractivity contribution in [3.63, 3.8) is 0 Å². The van der Waals surface area contributed by atoms with Gasteiger partial charge in [0.25, 0.3) is 0 Å². The topological polar surface area (TPSA) is 53.0 Å². The van der Waals surface area contributed by atoms with Crippen LogP contribution in [0.2, 0.25) is 0 Å². The number of ether oxygens (including phenoxy) is 1. The zero-order valence-electron chi connectivity index (χ0n) is 13.2. The SMILES string of the molecule is COc1ccc(CN(C)CCN(C)C)cc1C=CC(=O)O. The fourth-order valence-electron chi connectivity index (χ4n) is 1.93. The summed E-state index contributed by atoms with van der Waals surface area (Å²) in [5.74, 6) is -0.294. The Morgan fingerprint density at radius 3 is 2.57 bits per heavy atom. The average molecular weight is 292 g/mol. The molecule has 1 rings (SSSR count). The summed E-state index contributed by atoms with van der Waals surface area (Å²) in [6.45, 7) is 2.78. The largest absolute Gasteiger partial charge is 0.496 e. The summed E-state index contributed by atoms with van der Waals surface area (Å²) in [7, 11) is 7.75. The fraction of sp³-hybridized carbons (Fsp3) is 0.438. The molecule has 5 nitrogen and oxygen atoms in total. The Morgan fingerprint density at radius 2 is 2.00 bits per heavy atom. The Balaban J connectivity index is 2.79. The van der Waals surface area contributed by atoms with E-state index >= 15 is 0 Å². The molecule has 0 aliphatic heterocycles. The molecule has 0 atom stereocenters. The van der Waals surface area contributed by atoms with Gasteiger partial charge in [-0.05, 0) is 44.9 Å². The van der Waals surface area contributed by atoms with E-state index < -0.39 is 5.97 Å². The first-order valence-electron chi connectivity index (χ1n) is 6.83. The van der Waals surface area contributed by atoms with Gasteiger partial charge in [-0.25, -0.2) is 4.79 Å². The number of carbonyl (C=O) groups is 1. The molecular formula is C16H24N2O3. The highest BCUT2D eigenvalue weighted by molar-refractivity contribution is 5.85. The molecular weight excluding hydrogens is 268 g/mol. The smallest absolute Gasteiger partial charge is 0.328 e. The van der Waals surface area contributed by atoms with Crippen LogP contribution < -0.4 is 4.74 Å². The lowest BCUT2D eigenvalue weighted by molar-refractivity contribution is -0.131. The van der Waals surface area contributed by atoms with Gasteiger partial charge in [-0.1, -0.05) is 6.07 Å². The van der Waals surface area contributed by atoms with E-state index in [1.165, 1.54) is 0 Å². The maximum Gasteiger partial charge on any atom is 0.328 e. The summed E-state index contributed by atoms with van der Waals surface area (Å²) in [4.78, 5) is 15.0. The highest BCUT2D eigenvalue weighted by atomic mass is 16.5. The third kappa shape index (κ3) is 6.42. The van der Waals surface area contributed by atoms with E-state index in [1.807, 2.05) is 18.2 Å². The Hall–Kier alpha value is -1.85. The minimum absolute atomic E-state index is 0.673. The van der Waals surface area contributed by atoms with Crippen molar-refractivity contribution in [3.05, 3.63) is 35.4 Å². The van der Waals surface area contributed by atoms with E-state index in [9.17, 15) is 4.79 Å². The Kier molecular flexibility index (Phi) is 6.91. The second-order valence-electron chi connectivity index (χ2n) is 5.29. The third-order valence-electron chi connectivity index (χ3n) is 3.08. The monoisotopic (exact) mass is 292 g/mol. The van der Waals surface area contributed by atoms with Crippen LogP contribution in [0.3, 0.4) is 0 Å². The second-order valence-corrected chi connectivity index (χ2v) is 5.29. The maximum absolute atomic E-state index is 10.6. The van der Waals surface area contributed by atoms with Gasteiger partial charge >= 0.3 is 5.97 Å². The third-order valence-corrected chi connectivity index (χ3v) is 3.08. The molecule has 0 radical (unpaired) electrons. The molecule has 21 heavy (non-hydrogen) atoms. The van der Waals surface area contributed by atoms with E-state index in [-0.39, 0.29) is 0 Å². The molecule has 1 N–H and O–H groups in total. The number of hydrogen-bond acceptors (Lipinski definition) is 4. The van der Waals surface area contributed by atoms with Crippen molar-refractivity contribution in [2.45, 2.75) is 6.54 Å². The summed E-state index contributed by atoms with van der Waals surface area (Å²) >= 11 is 0. The van der Waals surface area contributed by atoms with Gasteiger partial charge in [0, 0.05) is 31.3 Å². The predicted octanol–water partition coefficient (Wildman–Crippen LogP) is 1.79. The minimum Gasteiger partial charge on any atom is -0.496 e. The molecule has 0 saturated carbocycles. The molecule has 0 aliphatic carbocycles. The van der Waals surface area contributed by atoms with Gasteiger partial charge in [0.1, 0.15) is 5.75 Å². The van der Waals surface area contributed by atoms with Crippen molar-refractivity contribution in [1.29, 1.82) is 0 Å². The highest BCUT2D eigenvalue weighted by Gasteiger charge is 2.05. The number of likely N-dealkylation sites (N-methyl/N-ethyl adjacent to an activating group) is 2. The van der Waals surface area contributed by atoms with Crippen molar-refractivity contribution in [1.82, 2.24) is 9.80 Å². The number of nitrogens with zero attached hydrogens (tertiary/aromatic N) is 2. The van der Waals surface area contributed by atoms with Gasteiger partial charge in [-0.15, -0.1) is 0 Å². The van der Waals surface area contributed by atoms with Crippen LogP contribution in [0.4, 0.5) is 0 Å². The van der Waals surface area contributed by atoms with Crippen LogP contribution in [0.25, 0.3) is 6.08 Å². The molecule has 0 spiro atoms. The Morgan fingerprint density at radius 1 is 1.29 bits per heavy atom. The number of hydrogen-bond donors (Lipinski definition) is 1. The van der Waals surface area contributed by atoms with Gasteiger partial charge < -0.3 is 19.6 Å². The number of methoxy groups -OCH3 is 1. The van der Waals surface area contributed by atoms with Gasteiger partial charge in [0.2, 0.25) is 0 Å². The van der Waals surface area contributed by atoms with E-state index in [1.54, 1.807) is 13.2 Å². The average Bonchev–Trinajstić information content (AvgIpc) is 2.43. The van der Waals surface area contributed by atoms with Crippen LogP contribution in [0.15, 0.2) is 24.3 Å². The highest BCUT2D eigenvalue weighted by Crippen LogP contribution is 2.22. The molecule has 0 saturated heterocycles. The number of rotatable bonds is 8. The number of benzene rings is 1. The predicted molar refractivity (Wildman–Crippen MR) is 84.6 cm³/mol. The lowest BCUT2D eigenvalue weighted by Gasteiger charge is -2.19. The maximum atomic E-state index is 10.6. The summed E-state index contributed by atoms with van der Waals surface area (Å²) in [5, 5.41) is 8.73. The first-order valence-corrected chi connectivity index (χ1v) is 6.83. The zero-order chi connectivity index (χ0) is 15.8. The second kappa shape index (κ2) is 8.44. The van der Waals surface area contributed by atoms with Crippen molar-refractivity contribution >= 4 is 12.0 Å². The molecule has 0 aliphatic rings. The molecule has 0 unspecified atom stereocenters. The molecule has 0 bridgehead atoms. The lowest BCUT2D eigenvalue weighted by atomic mass is 10.1. The van der Waals surface area contributed by atoms with Crippen molar-refractivity contribution < 1.29 is 14.6 Å². The van der Waals surface area contributed by atoms with Crippen LogP contribution >= 0.6 is 0 Å². The van der Waals surface area contributed by atoms with E-state index in [0.717, 1.165) is 36.8 Å². The quantitative estimate of drug-likeness (QED) is 0.740. The van der Waals surface area contributed by atoms with Crippen LogP contribution in [0.5, 0.6) is 5.75 Å². The van der Waals surface area contributed by atoms with Crippen molar-refractivity contribution in [2.24, 2.45) is 0 Å². The summed E-state index contributed by atoms with van der Waals surface area (Å²) in [5.41, 5.74) is 1.90. The van der Waals surface area contributed by atoms with Crippen molar-refractivity contribution in [3.8, 4) is 5.75 Å². The molecule has 5 heteroatoms. The zero-order valence-corrected chi connectivity index (χ0v) is 13.2. The lowest BCUT2D eigenvalue weighted by Crippen LogP contribution is -2.28. The Labute approximate surface area is 126 Å². The van der Waals surface area contributed by atoms with Gasteiger partial charge in [0.15, 0.2) is 0 Å². The molecule has 116 valence electrons. The molecule has 0 aromatic heterocycles. The molecule has 1 aromatic rings. The molecule has 0 heterocycles. The number of carboxylic acid groups (broad SMARTS) is 1. The normalized spacial score (nSPS) is 11.5. The van der Waals surface area contributed by atoms with Crippen molar-refractivity contribution in [2.75, 3.05) is 41.3 Å². The Bertz CT molecular complexity index is 498. The van der Waals surface area contributed by atoms with Gasteiger partial charge in [0.05, 0.1) is 7.11 Å².